The van der Waals surface area contributed by atoms with Crippen LogP contribution in [0.2, 0.25) is 0 Å². The van der Waals surface area contributed by atoms with Crippen molar-refractivity contribution in [2.75, 3.05) is 5.32 Å². The highest BCUT2D eigenvalue weighted by atomic mass is 19.1. The summed E-state index contributed by atoms with van der Waals surface area (Å²) in [4.78, 5) is 22.3. The molecule has 0 bridgehead atoms. The second-order valence-electron chi connectivity index (χ2n) is 5.16. The van der Waals surface area contributed by atoms with Gasteiger partial charge in [0.25, 0.3) is 0 Å². The Bertz CT molecular complexity index is 719. The molecule has 0 saturated heterocycles. The Morgan fingerprint density at radius 2 is 1.92 bits per heavy atom. The third-order valence-electron chi connectivity index (χ3n) is 3.18. The van der Waals surface area contributed by atoms with E-state index in [4.69, 9.17) is 10.5 Å². The smallest absolute Gasteiger partial charge is 0.318 e. The largest absolute Gasteiger partial charge is 0.489 e. The zero-order valence-corrected chi connectivity index (χ0v) is 13.1. The molecule has 0 saturated carbocycles. The minimum Gasteiger partial charge on any atom is -0.489 e. The summed E-state index contributed by atoms with van der Waals surface area (Å²) in [6.45, 7) is 1.89. The second-order valence-corrected chi connectivity index (χ2v) is 5.16. The fraction of sp³-hybridized carbons (Fsp3) is 0.176. The van der Waals surface area contributed by atoms with Crippen LogP contribution < -0.4 is 21.1 Å². The Hall–Kier alpha value is -3.09. The molecule has 6 nitrogen and oxygen atoms in total. The van der Waals surface area contributed by atoms with Gasteiger partial charge in [-0.3, -0.25) is 10.1 Å². The zero-order chi connectivity index (χ0) is 17.5. The van der Waals surface area contributed by atoms with Crippen LogP contribution in [0.15, 0.2) is 48.5 Å². The van der Waals surface area contributed by atoms with Crippen LogP contribution in [0.5, 0.6) is 5.75 Å². The number of halogens is 1. The molecule has 2 aromatic rings. The summed E-state index contributed by atoms with van der Waals surface area (Å²) < 4.78 is 18.5. The summed E-state index contributed by atoms with van der Waals surface area (Å²) in [7, 11) is 0. The molecule has 0 unspecified atom stereocenters. The number of benzene rings is 2. The molecule has 2 rings (SSSR count). The van der Waals surface area contributed by atoms with Crippen LogP contribution in [0.25, 0.3) is 0 Å². The first-order chi connectivity index (χ1) is 11.4. The number of imide groups is 1. The highest BCUT2D eigenvalue weighted by Crippen LogP contribution is 2.19. The maximum Gasteiger partial charge on any atom is 0.318 e. The van der Waals surface area contributed by atoms with Gasteiger partial charge in [-0.2, -0.15) is 0 Å². The molecule has 0 aliphatic rings. The number of nitrogens with two attached hydrogens (primary N) is 1. The number of hydrogen-bond acceptors (Lipinski definition) is 4. The van der Waals surface area contributed by atoms with Crippen molar-refractivity contribution in [1.29, 1.82) is 0 Å². The Morgan fingerprint density at radius 3 is 2.58 bits per heavy atom. The van der Waals surface area contributed by atoms with Crippen LogP contribution in [0.1, 0.15) is 12.5 Å². The van der Waals surface area contributed by atoms with Gasteiger partial charge in [-0.15, -0.1) is 0 Å². The molecule has 7 heteroatoms. The van der Waals surface area contributed by atoms with Crippen LogP contribution in [0.3, 0.4) is 0 Å². The Morgan fingerprint density at radius 1 is 1.21 bits per heavy atom. The number of anilines is 1. The number of primary amides is 1. The number of rotatable bonds is 6. The van der Waals surface area contributed by atoms with E-state index in [1.165, 1.54) is 12.1 Å². The third-order valence-corrected chi connectivity index (χ3v) is 3.18. The normalized spacial score (nSPS) is 11.4. The lowest BCUT2D eigenvalue weighted by molar-refractivity contribution is -0.120. The van der Waals surface area contributed by atoms with E-state index in [9.17, 15) is 14.0 Å². The molecule has 0 fully saturated rings. The summed E-state index contributed by atoms with van der Waals surface area (Å²) in [5, 5.41) is 4.95. The van der Waals surface area contributed by atoms with Crippen molar-refractivity contribution in [1.82, 2.24) is 5.32 Å². The van der Waals surface area contributed by atoms with Gasteiger partial charge in [0.05, 0.1) is 0 Å². The molecule has 3 amide bonds. The van der Waals surface area contributed by atoms with Crippen molar-refractivity contribution in [3.63, 3.8) is 0 Å². The molecular formula is C17H18FN3O3. The molecule has 4 N–H and O–H groups in total. The first-order valence-electron chi connectivity index (χ1n) is 7.28. The summed E-state index contributed by atoms with van der Waals surface area (Å²) in [6, 6.07) is 11.5. The molecular weight excluding hydrogens is 313 g/mol. The molecule has 24 heavy (non-hydrogen) atoms. The van der Waals surface area contributed by atoms with Gasteiger partial charge < -0.3 is 15.8 Å². The van der Waals surface area contributed by atoms with Crippen LogP contribution in [-0.2, 0) is 11.4 Å². The lowest BCUT2D eigenvalue weighted by atomic mass is 10.2. The van der Waals surface area contributed by atoms with Gasteiger partial charge in [0.2, 0.25) is 5.91 Å². The molecule has 0 aliphatic carbocycles. The fourth-order valence-corrected chi connectivity index (χ4v) is 1.97. The van der Waals surface area contributed by atoms with Gasteiger partial charge in [0, 0.05) is 11.8 Å². The molecule has 0 radical (unpaired) electrons. The molecule has 1 atom stereocenters. The average Bonchev–Trinajstić information content (AvgIpc) is 2.54. The number of carbonyl (C=O) groups is 2. The summed E-state index contributed by atoms with van der Waals surface area (Å²) in [5.41, 5.74) is 6.40. The zero-order valence-electron chi connectivity index (χ0n) is 13.1. The molecule has 0 aromatic heterocycles. The Labute approximate surface area is 138 Å². The topological polar surface area (TPSA) is 93.4 Å². The number of hydrogen-bond donors (Lipinski definition) is 3. The predicted octanol–water partition coefficient (Wildman–Crippen LogP) is 2.40. The van der Waals surface area contributed by atoms with Gasteiger partial charge in [-0.25, -0.2) is 9.18 Å². The van der Waals surface area contributed by atoms with Gasteiger partial charge >= 0.3 is 6.03 Å². The third kappa shape index (κ3) is 5.28. The standard InChI is InChI=1S/C17H18FN3O3/c1-11(16(22)21-17(19)23)20-14-3-2-4-15(9-14)24-10-12-5-7-13(18)8-6-12/h2-9,11,20H,10H2,1H3,(H3,19,21,22,23)/t11-/m1/s1. The minimum atomic E-state index is -0.898. The van der Waals surface area contributed by atoms with E-state index in [0.29, 0.717) is 18.0 Å². The lowest BCUT2D eigenvalue weighted by Gasteiger charge is -2.15. The molecule has 2 aromatic carbocycles. The van der Waals surface area contributed by atoms with Crippen molar-refractivity contribution < 1.29 is 18.7 Å². The van der Waals surface area contributed by atoms with Crippen molar-refractivity contribution in [2.45, 2.75) is 19.6 Å². The van der Waals surface area contributed by atoms with E-state index in [2.05, 4.69) is 5.32 Å². The van der Waals surface area contributed by atoms with E-state index in [1.807, 2.05) is 5.32 Å². The Kier molecular flexibility index (Phi) is 5.73. The number of ether oxygens (including phenoxy) is 1. The maximum atomic E-state index is 12.9. The molecule has 0 heterocycles. The van der Waals surface area contributed by atoms with Crippen LogP contribution >= 0.6 is 0 Å². The van der Waals surface area contributed by atoms with Gasteiger partial charge in [0.15, 0.2) is 0 Å². The number of nitrogens with one attached hydrogen (secondary N) is 2. The fourth-order valence-electron chi connectivity index (χ4n) is 1.97. The van der Waals surface area contributed by atoms with E-state index in [1.54, 1.807) is 43.3 Å². The summed E-state index contributed by atoms with van der Waals surface area (Å²) in [6.07, 6.45) is 0. The van der Waals surface area contributed by atoms with Crippen molar-refractivity contribution in [3.8, 4) is 5.75 Å². The van der Waals surface area contributed by atoms with E-state index in [-0.39, 0.29) is 5.82 Å². The SMILES string of the molecule is C[C@@H](Nc1cccc(OCc2ccc(F)cc2)c1)C(=O)NC(N)=O. The first-order valence-corrected chi connectivity index (χ1v) is 7.28. The highest BCUT2D eigenvalue weighted by Gasteiger charge is 2.14. The molecule has 126 valence electrons. The van der Waals surface area contributed by atoms with E-state index < -0.39 is 18.0 Å². The van der Waals surface area contributed by atoms with Crippen molar-refractivity contribution >= 4 is 17.6 Å². The number of amides is 3. The Balaban J connectivity index is 1.94. The van der Waals surface area contributed by atoms with Crippen molar-refractivity contribution in [2.24, 2.45) is 5.73 Å². The minimum absolute atomic E-state index is 0.293. The number of carbonyl (C=O) groups excluding carboxylic acids is 2. The van der Waals surface area contributed by atoms with Gasteiger partial charge in [-0.1, -0.05) is 18.2 Å². The van der Waals surface area contributed by atoms with E-state index in [0.717, 1.165) is 5.56 Å². The van der Waals surface area contributed by atoms with Crippen LogP contribution in [0.4, 0.5) is 14.9 Å². The van der Waals surface area contributed by atoms with Crippen LogP contribution in [0, 0.1) is 5.82 Å². The quantitative estimate of drug-likeness (QED) is 0.758. The van der Waals surface area contributed by atoms with Gasteiger partial charge in [-0.05, 0) is 36.8 Å². The monoisotopic (exact) mass is 331 g/mol. The van der Waals surface area contributed by atoms with E-state index >= 15 is 0 Å². The summed E-state index contributed by atoms with van der Waals surface area (Å²) >= 11 is 0. The molecule has 0 aliphatic heterocycles. The van der Waals surface area contributed by atoms with Crippen molar-refractivity contribution in [3.05, 3.63) is 59.9 Å². The number of urea groups is 1. The molecule has 0 spiro atoms. The first kappa shape index (κ1) is 17.3. The predicted molar refractivity (Wildman–Crippen MR) is 88.0 cm³/mol. The average molecular weight is 331 g/mol. The van der Waals surface area contributed by atoms with Gasteiger partial charge in [0.1, 0.15) is 24.2 Å². The second kappa shape index (κ2) is 7.96. The maximum absolute atomic E-state index is 12.9. The lowest BCUT2D eigenvalue weighted by Crippen LogP contribution is -2.43. The van der Waals surface area contributed by atoms with Crippen LogP contribution in [-0.4, -0.2) is 18.0 Å². The summed E-state index contributed by atoms with van der Waals surface area (Å²) in [5.74, 6) is -0.236. The highest BCUT2D eigenvalue weighted by molar-refractivity contribution is 5.97.